The number of amides is 2. The average Bonchev–Trinajstić information content (AvgIpc) is 2.71. The molecule has 29 heavy (non-hydrogen) atoms. The van der Waals surface area contributed by atoms with Crippen LogP contribution in [0, 0.1) is 6.92 Å². The SMILES string of the molecule is CCCNC(=O)C(C)N(Cc1cccc(Br)c1)C(=O)CSCc1ccccc1C. The van der Waals surface area contributed by atoms with Crippen LogP contribution in [-0.4, -0.2) is 35.1 Å². The lowest BCUT2D eigenvalue weighted by atomic mass is 10.1. The zero-order valence-electron chi connectivity index (χ0n) is 17.3. The van der Waals surface area contributed by atoms with Crippen molar-refractivity contribution in [1.82, 2.24) is 10.2 Å². The summed E-state index contributed by atoms with van der Waals surface area (Å²) in [6.07, 6.45) is 0.865. The third-order valence-electron chi connectivity index (χ3n) is 4.70. The van der Waals surface area contributed by atoms with E-state index in [-0.39, 0.29) is 11.8 Å². The molecule has 0 saturated heterocycles. The molecule has 4 nitrogen and oxygen atoms in total. The summed E-state index contributed by atoms with van der Waals surface area (Å²) in [5.74, 6) is 0.981. The van der Waals surface area contributed by atoms with E-state index in [9.17, 15) is 9.59 Å². The Bertz CT molecular complexity index is 828. The summed E-state index contributed by atoms with van der Waals surface area (Å²) < 4.78 is 0.958. The molecule has 0 aliphatic heterocycles. The number of halogens is 1. The predicted octanol–water partition coefficient (Wildman–Crippen LogP) is 4.93. The van der Waals surface area contributed by atoms with Gasteiger partial charge in [-0.05, 0) is 49.1 Å². The second-order valence-corrected chi connectivity index (χ2v) is 8.94. The molecule has 0 bridgehead atoms. The van der Waals surface area contributed by atoms with Gasteiger partial charge in [0.15, 0.2) is 0 Å². The van der Waals surface area contributed by atoms with Crippen LogP contribution in [-0.2, 0) is 21.9 Å². The van der Waals surface area contributed by atoms with Crippen molar-refractivity contribution in [2.45, 2.75) is 45.5 Å². The van der Waals surface area contributed by atoms with Crippen molar-refractivity contribution in [3.63, 3.8) is 0 Å². The maximum atomic E-state index is 13.0. The van der Waals surface area contributed by atoms with Gasteiger partial charge in [-0.15, -0.1) is 11.8 Å². The fourth-order valence-electron chi connectivity index (χ4n) is 2.91. The quantitative estimate of drug-likeness (QED) is 0.528. The molecule has 2 rings (SSSR count). The summed E-state index contributed by atoms with van der Waals surface area (Å²) in [6.45, 7) is 6.91. The van der Waals surface area contributed by atoms with Crippen molar-refractivity contribution in [1.29, 1.82) is 0 Å². The van der Waals surface area contributed by atoms with Gasteiger partial charge in [-0.2, -0.15) is 0 Å². The molecule has 0 aromatic heterocycles. The van der Waals surface area contributed by atoms with Gasteiger partial charge < -0.3 is 10.2 Å². The topological polar surface area (TPSA) is 49.4 Å². The van der Waals surface area contributed by atoms with Crippen LogP contribution in [0.15, 0.2) is 53.0 Å². The molecule has 0 spiro atoms. The first-order valence-electron chi connectivity index (χ1n) is 9.86. The molecular formula is C23H29BrN2O2S. The van der Waals surface area contributed by atoms with E-state index in [2.05, 4.69) is 40.3 Å². The summed E-state index contributed by atoms with van der Waals surface area (Å²) in [5.41, 5.74) is 3.45. The summed E-state index contributed by atoms with van der Waals surface area (Å²) in [7, 11) is 0. The molecule has 0 saturated carbocycles. The van der Waals surface area contributed by atoms with Gasteiger partial charge in [0.1, 0.15) is 6.04 Å². The molecule has 1 N–H and O–H groups in total. The number of nitrogens with zero attached hydrogens (tertiary/aromatic N) is 1. The molecule has 2 amide bonds. The van der Waals surface area contributed by atoms with E-state index < -0.39 is 6.04 Å². The van der Waals surface area contributed by atoms with Gasteiger partial charge in [0.2, 0.25) is 11.8 Å². The smallest absolute Gasteiger partial charge is 0.242 e. The Hall–Kier alpha value is -1.79. The van der Waals surface area contributed by atoms with Crippen LogP contribution in [0.4, 0.5) is 0 Å². The highest BCUT2D eigenvalue weighted by atomic mass is 79.9. The van der Waals surface area contributed by atoms with E-state index in [4.69, 9.17) is 0 Å². The molecule has 0 fully saturated rings. The highest BCUT2D eigenvalue weighted by Gasteiger charge is 2.25. The fraction of sp³-hybridized carbons (Fsp3) is 0.391. The second-order valence-electron chi connectivity index (χ2n) is 7.04. The van der Waals surface area contributed by atoms with Gasteiger partial charge in [-0.25, -0.2) is 0 Å². The minimum atomic E-state index is -0.521. The number of thioether (sulfide) groups is 1. The maximum Gasteiger partial charge on any atom is 0.242 e. The Balaban J connectivity index is 2.07. The van der Waals surface area contributed by atoms with E-state index in [0.29, 0.717) is 18.8 Å². The van der Waals surface area contributed by atoms with Crippen molar-refractivity contribution in [3.05, 3.63) is 69.7 Å². The van der Waals surface area contributed by atoms with Crippen LogP contribution in [0.25, 0.3) is 0 Å². The number of hydrogen-bond donors (Lipinski definition) is 1. The van der Waals surface area contributed by atoms with Gasteiger partial charge in [-0.3, -0.25) is 9.59 Å². The molecule has 0 aliphatic carbocycles. The minimum absolute atomic E-state index is 0.0253. The molecule has 0 heterocycles. The van der Waals surface area contributed by atoms with Crippen LogP contribution < -0.4 is 5.32 Å². The Morgan fingerprint density at radius 1 is 1.17 bits per heavy atom. The molecular weight excluding hydrogens is 448 g/mol. The van der Waals surface area contributed by atoms with Crippen LogP contribution in [0.3, 0.4) is 0 Å². The number of rotatable bonds is 10. The van der Waals surface area contributed by atoms with Crippen LogP contribution in [0.2, 0.25) is 0 Å². The summed E-state index contributed by atoms with van der Waals surface area (Å²) in [6, 6.07) is 15.5. The van der Waals surface area contributed by atoms with Crippen molar-refractivity contribution in [2.24, 2.45) is 0 Å². The highest BCUT2D eigenvalue weighted by molar-refractivity contribution is 9.10. The van der Waals surface area contributed by atoms with E-state index >= 15 is 0 Å². The third-order valence-corrected chi connectivity index (χ3v) is 6.16. The molecule has 2 aromatic rings. The zero-order chi connectivity index (χ0) is 21.2. The van der Waals surface area contributed by atoms with Gasteiger partial charge in [0.25, 0.3) is 0 Å². The maximum absolute atomic E-state index is 13.0. The molecule has 1 unspecified atom stereocenters. The molecule has 0 radical (unpaired) electrons. The van der Waals surface area contributed by atoms with Crippen molar-refractivity contribution < 1.29 is 9.59 Å². The second kappa shape index (κ2) is 12.0. The summed E-state index contributed by atoms with van der Waals surface area (Å²) in [4.78, 5) is 27.2. The number of aryl methyl sites for hydroxylation is 1. The first-order chi connectivity index (χ1) is 13.9. The van der Waals surface area contributed by atoms with Crippen LogP contribution >= 0.6 is 27.7 Å². The predicted molar refractivity (Wildman–Crippen MR) is 125 cm³/mol. The lowest BCUT2D eigenvalue weighted by molar-refractivity contribution is -0.138. The van der Waals surface area contributed by atoms with Gasteiger partial charge in [0, 0.05) is 23.3 Å². The summed E-state index contributed by atoms with van der Waals surface area (Å²) >= 11 is 5.06. The van der Waals surface area contributed by atoms with E-state index in [1.54, 1.807) is 23.6 Å². The lowest BCUT2D eigenvalue weighted by Crippen LogP contribution is -2.48. The summed E-state index contributed by atoms with van der Waals surface area (Å²) in [5, 5.41) is 2.91. The Morgan fingerprint density at radius 3 is 2.62 bits per heavy atom. The zero-order valence-corrected chi connectivity index (χ0v) is 19.7. The van der Waals surface area contributed by atoms with Gasteiger partial charge in [0.05, 0.1) is 5.75 Å². The molecule has 2 aromatic carbocycles. The van der Waals surface area contributed by atoms with Gasteiger partial charge in [-0.1, -0.05) is 59.3 Å². The number of carbonyl (C=O) groups excluding carboxylic acids is 2. The van der Waals surface area contributed by atoms with E-state index in [1.165, 1.54) is 11.1 Å². The van der Waals surface area contributed by atoms with Crippen molar-refractivity contribution in [2.75, 3.05) is 12.3 Å². The van der Waals surface area contributed by atoms with Crippen molar-refractivity contribution >= 4 is 39.5 Å². The normalized spacial score (nSPS) is 11.7. The van der Waals surface area contributed by atoms with E-state index in [0.717, 1.165) is 22.2 Å². The van der Waals surface area contributed by atoms with Crippen molar-refractivity contribution in [3.8, 4) is 0 Å². The number of hydrogen-bond acceptors (Lipinski definition) is 3. The first kappa shape index (κ1) is 23.5. The average molecular weight is 477 g/mol. The molecule has 0 aliphatic rings. The third kappa shape index (κ3) is 7.52. The first-order valence-corrected chi connectivity index (χ1v) is 11.8. The van der Waals surface area contributed by atoms with E-state index in [1.807, 2.05) is 43.3 Å². The van der Waals surface area contributed by atoms with Gasteiger partial charge >= 0.3 is 0 Å². The minimum Gasteiger partial charge on any atom is -0.354 e. The number of carbonyl (C=O) groups is 2. The highest BCUT2D eigenvalue weighted by Crippen LogP contribution is 2.19. The Morgan fingerprint density at radius 2 is 1.93 bits per heavy atom. The van der Waals surface area contributed by atoms with Crippen LogP contribution in [0.1, 0.15) is 37.0 Å². The molecule has 1 atom stereocenters. The Kier molecular flexibility index (Phi) is 9.74. The number of nitrogens with one attached hydrogen (secondary N) is 1. The molecule has 6 heteroatoms. The number of benzene rings is 2. The monoisotopic (exact) mass is 476 g/mol. The largest absolute Gasteiger partial charge is 0.354 e. The van der Waals surface area contributed by atoms with Crippen LogP contribution in [0.5, 0.6) is 0 Å². The Labute approximate surface area is 186 Å². The fourth-order valence-corrected chi connectivity index (χ4v) is 4.35. The lowest BCUT2D eigenvalue weighted by Gasteiger charge is -2.29. The standard InChI is InChI=1S/C23H29BrN2O2S/c1-4-12-25-23(28)18(3)26(14-19-9-7-11-21(24)13-19)22(27)16-29-15-20-10-6-5-8-17(20)2/h5-11,13,18H,4,12,14-16H2,1-3H3,(H,25,28). The molecule has 156 valence electrons.